The summed E-state index contributed by atoms with van der Waals surface area (Å²) in [5.41, 5.74) is 5.99. The number of nitrogens with zero attached hydrogens (tertiary/aromatic N) is 2. The van der Waals surface area contributed by atoms with Crippen molar-refractivity contribution in [2.24, 2.45) is 0 Å². The van der Waals surface area contributed by atoms with E-state index in [9.17, 15) is 4.39 Å². The summed E-state index contributed by atoms with van der Waals surface area (Å²) in [4.78, 5) is 9.79. The molecule has 2 aromatic heterocycles. The molecule has 0 saturated heterocycles. The number of aromatic nitrogens is 3. The lowest BCUT2D eigenvalue weighted by Gasteiger charge is -1.92. The van der Waals surface area contributed by atoms with E-state index < -0.39 is 5.95 Å². The number of aromatic amines is 1. The molecule has 0 aliphatic heterocycles. The number of H-pyrrole nitrogens is 1. The molecule has 0 aliphatic rings. The van der Waals surface area contributed by atoms with E-state index in [4.69, 9.17) is 5.73 Å². The van der Waals surface area contributed by atoms with Crippen molar-refractivity contribution in [2.75, 3.05) is 5.73 Å². The van der Waals surface area contributed by atoms with Gasteiger partial charge < -0.3 is 10.7 Å². The lowest BCUT2D eigenvalue weighted by Crippen LogP contribution is -1.97. The average Bonchev–Trinajstić information content (AvgIpc) is 2.34. The van der Waals surface area contributed by atoms with E-state index in [1.807, 2.05) is 0 Å². The zero-order valence-corrected chi connectivity index (χ0v) is 5.50. The predicted octanol–water partition coefficient (Wildman–Crippen LogP) is 0.679. The molecule has 0 spiro atoms. The van der Waals surface area contributed by atoms with Crippen molar-refractivity contribution in [2.45, 2.75) is 0 Å². The van der Waals surface area contributed by atoms with Crippen LogP contribution < -0.4 is 5.73 Å². The molecule has 0 saturated carbocycles. The van der Waals surface area contributed by atoms with Crippen LogP contribution in [0.15, 0.2) is 12.3 Å². The van der Waals surface area contributed by atoms with Crippen molar-refractivity contribution in [3.05, 3.63) is 18.2 Å². The van der Waals surface area contributed by atoms with Gasteiger partial charge in [-0.3, -0.25) is 0 Å². The molecule has 0 atom stereocenters. The Morgan fingerprint density at radius 1 is 1.45 bits per heavy atom. The van der Waals surface area contributed by atoms with Crippen LogP contribution in [0.2, 0.25) is 0 Å². The van der Waals surface area contributed by atoms with Crippen LogP contribution in [0.4, 0.5) is 10.3 Å². The molecule has 0 unspecified atom stereocenters. The highest BCUT2D eigenvalue weighted by Gasteiger charge is 2.04. The Labute approximate surface area is 61.3 Å². The predicted molar refractivity (Wildman–Crippen MR) is 38.3 cm³/mol. The van der Waals surface area contributed by atoms with Crippen molar-refractivity contribution in [1.82, 2.24) is 15.0 Å². The summed E-state index contributed by atoms with van der Waals surface area (Å²) in [6.45, 7) is 0. The SMILES string of the molecule is Nc1nc(F)c2[nH]ccc2n1. The normalized spacial score (nSPS) is 10.6. The molecule has 2 aromatic rings. The molecule has 3 N–H and O–H groups in total. The van der Waals surface area contributed by atoms with Gasteiger partial charge in [-0.15, -0.1) is 0 Å². The maximum atomic E-state index is 12.8. The number of anilines is 1. The smallest absolute Gasteiger partial charge is 0.242 e. The van der Waals surface area contributed by atoms with E-state index in [1.165, 1.54) is 0 Å². The van der Waals surface area contributed by atoms with E-state index in [0.717, 1.165) is 0 Å². The lowest BCUT2D eigenvalue weighted by molar-refractivity contribution is 0.593. The molecule has 2 heterocycles. The van der Waals surface area contributed by atoms with E-state index in [1.54, 1.807) is 12.3 Å². The number of nitrogens with two attached hydrogens (primary N) is 1. The number of nitrogens with one attached hydrogen (secondary N) is 1. The molecule has 11 heavy (non-hydrogen) atoms. The molecule has 56 valence electrons. The van der Waals surface area contributed by atoms with Crippen LogP contribution in [0, 0.1) is 5.95 Å². The van der Waals surface area contributed by atoms with Crippen LogP contribution in [0.3, 0.4) is 0 Å². The Balaban J connectivity index is 2.91. The summed E-state index contributed by atoms with van der Waals surface area (Å²) in [6, 6.07) is 1.64. The van der Waals surface area contributed by atoms with Crippen molar-refractivity contribution in [3.8, 4) is 0 Å². The number of nitrogen functional groups attached to an aromatic ring is 1. The van der Waals surface area contributed by atoms with Gasteiger partial charge in [-0.1, -0.05) is 0 Å². The maximum absolute atomic E-state index is 12.8. The van der Waals surface area contributed by atoms with Gasteiger partial charge in [0.05, 0.1) is 5.52 Å². The zero-order chi connectivity index (χ0) is 7.84. The Morgan fingerprint density at radius 3 is 3.09 bits per heavy atom. The van der Waals surface area contributed by atoms with Gasteiger partial charge >= 0.3 is 0 Å². The molecule has 0 aliphatic carbocycles. The van der Waals surface area contributed by atoms with E-state index in [2.05, 4.69) is 15.0 Å². The first kappa shape index (κ1) is 6.09. The summed E-state index contributed by atoms with van der Waals surface area (Å²) >= 11 is 0. The third-order valence-corrected chi connectivity index (χ3v) is 1.38. The van der Waals surface area contributed by atoms with Crippen LogP contribution in [0.25, 0.3) is 11.0 Å². The van der Waals surface area contributed by atoms with Crippen LogP contribution in [-0.4, -0.2) is 15.0 Å². The fourth-order valence-electron chi connectivity index (χ4n) is 0.924. The average molecular weight is 152 g/mol. The summed E-state index contributed by atoms with van der Waals surface area (Å²) in [5.74, 6) is -0.660. The van der Waals surface area contributed by atoms with E-state index in [-0.39, 0.29) is 5.95 Å². The number of rotatable bonds is 0. The molecule has 0 aromatic carbocycles. The minimum Gasteiger partial charge on any atom is -0.368 e. The quantitative estimate of drug-likeness (QED) is 0.545. The van der Waals surface area contributed by atoms with Crippen molar-refractivity contribution < 1.29 is 4.39 Å². The second-order valence-corrected chi connectivity index (χ2v) is 2.11. The van der Waals surface area contributed by atoms with Gasteiger partial charge in [-0.05, 0) is 6.07 Å². The minimum absolute atomic E-state index is 0.0467. The van der Waals surface area contributed by atoms with Crippen LogP contribution >= 0.6 is 0 Å². The fourth-order valence-corrected chi connectivity index (χ4v) is 0.924. The van der Waals surface area contributed by atoms with Gasteiger partial charge in [0.25, 0.3) is 0 Å². The van der Waals surface area contributed by atoms with Gasteiger partial charge in [-0.2, -0.15) is 9.37 Å². The molecule has 2 rings (SSSR count). The first-order chi connectivity index (χ1) is 5.27. The minimum atomic E-state index is -0.613. The summed E-state index contributed by atoms with van der Waals surface area (Å²) < 4.78 is 12.8. The largest absolute Gasteiger partial charge is 0.368 e. The van der Waals surface area contributed by atoms with Crippen molar-refractivity contribution >= 4 is 17.0 Å². The Bertz CT molecular complexity index is 394. The van der Waals surface area contributed by atoms with E-state index in [0.29, 0.717) is 11.0 Å². The maximum Gasteiger partial charge on any atom is 0.242 e. The second kappa shape index (κ2) is 1.91. The molecule has 0 bridgehead atoms. The Hall–Kier alpha value is -1.65. The second-order valence-electron chi connectivity index (χ2n) is 2.11. The van der Waals surface area contributed by atoms with Gasteiger partial charge in [0.1, 0.15) is 5.52 Å². The first-order valence-electron chi connectivity index (χ1n) is 3.03. The number of hydrogen-bond donors (Lipinski definition) is 2. The van der Waals surface area contributed by atoms with Gasteiger partial charge in [0.15, 0.2) is 0 Å². The van der Waals surface area contributed by atoms with Crippen molar-refractivity contribution in [3.63, 3.8) is 0 Å². The van der Waals surface area contributed by atoms with Crippen LogP contribution in [0.5, 0.6) is 0 Å². The number of hydrogen-bond acceptors (Lipinski definition) is 3. The lowest BCUT2D eigenvalue weighted by atomic mass is 10.4. The molecule has 0 radical (unpaired) electrons. The molecule has 0 amide bonds. The molecule has 5 heteroatoms. The summed E-state index contributed by atoms with van der Waals surface area (Å²) in [6.07, 6.45) is 1.59. The highest BCUT2D eigenvalue weighted by atomic mass is 19.1. The molecule has 4 nitrogen and oxygen atoms in total. The van der Waals surface area contributed by atoms with Crippen LogP contribution in [0.1, 0.15) is 0 Å². The zero-order valence-electron chi connectivity index (χ0n) is 5.50. The third kappa shape index (κ3) is 0.813. The Morgan fingerprint density at radius 2 is 2.27 bits per heavy atom. The van der Waals surface area contributed by atoms with Gasteiger partial charge in [-0.25, -0.2) is 4.98 Å². The third-order valence-electron chi connectivity index (χ3n) is 1.38. The summed E-state index contributed by atoms with van der Waals surface area (Å²) in [7, 11) is 0. The number of halogens is 1. The highest BCUT2D eigenvalue weighted by molar-refractivity contribution is 5.75. The number of fused-ring (bicyclic) bond motifs is 1. The Kier molecular flexibility index (Phi) is 1.06. The molecular formula is C6H5FN4. The molecule has 0 fully saturated rings. The van der Waals surface area contributed by atoms with Crippen LogP contribution in [-0.2, 0) is 0 Å². The van der Waals surface area contributed by atoms with Crippen molar-refractivity contribution in [1.29, 1.82) is 0 Å². The van der Waals surface area contributed by atoms with Gasteiger partial charge in [0.2, 0.25) is 11.9 Å². The monoisotopic (exact) mass is 152 g/mol. The first-order valence-corrected chi connectivity index (χ1v) is 3.03. The van der Waals surface area contributed by atoms with E-state index >= 15 is 0 Å². The molecular weight excluding hydrogens is 147 g/mol. The topological polar surface area (TPSA) is 67.6 Å². The highest BCUT2D eigenvalue weighted by Crippen LogP contribution is 2.12. The fraction of sp³-hybridized carbons (Fsp3) is 0. The van der Waals surface area contributed by atoms with Gasteiger partial charge in [0, 0.05) is 6.20 Å². The standard InChI is InChI=1S/C6H5FN4/c7-5-4-3(1-2-9-4)10-6(8)11-5/h1-2,9H,(H2,8,10,11). The summed E-state index contributed by atoms with van der Waals surface area (Å²) in [5, 5.41) is 0.